The Balaban J connectivity index is 1.68. The summed E-state index contributed by atoms with van der Waals surface area (Å²) in [6.45, 7) is 0. The standard InChI is InChI=1S/C24H20N2O3S/c1-28-19-12-8-17(9-13-19)22-21(16-6-4-3-5-7-16)25-24(30-22)26-23(27)18-10-14-20(29-2)15-11-18/h3-15H,1-2H3,(H,25,26,27). The maximum atomic E-state index is 12.7. The van der Waals surface area contributed by atoms with Crippen LogP contribution in [0.1, 0.15) is 10.4 Å². The Morgan fingerprint density at radius 2 is 1.40 bits per heavy atom. The molecule has 6 heteroatoms. The molecule has 1 heterocycles. The van der Waals surface area contributed by atoms with E-state index in [1.807, 2.05) is 54.6 Å². The number of nitrogens with zero attached hydrogens (tertiary/aromatic N) is 1. The Morgan fingerprint density at radius 1 is 0.800 bits per heavy atom. The summed E-state index contributed by atoms with van der Waals surface area (Å²) in [5.74, 6) is 1.28. The van der Waals surface area contributed by atoms with Crippen molar-refractivity contribution < 1.29 is 14.3 Å². The van der Waals surface area contributed by atoms with E-state index in [9.17, 15) is 4.79 Å². The molecular formula is C24H20N2O3S. The summed E-state index contributed by atoms with van der Waals surface area (Å²) in [5.41, 5.74) is 3.37. The van der Waals surface area contributed by atoms with Crippen molar-refractivity contribution in [3.05, 3.63) is 84.4 Å². The maximum absolute atomic E-state index is 12.7. The molecule has 1 N–H and O–H groups in total. The third-order valence-corrected chi connectivity index (χ3v) is 5.62. The smallest absolute Gasteiger partial charge is 0.257 e. The highest BCUT2D eigenvalue weighted by Crippen LogP contribution is 2.39. The van der Waals surface area contributed by atoms with Crippen LogP contribution in [0.4, 0.5) is 5.13 Å². The first-order chi connectivity index (χ1) is 14.7. The van der Waals surface area contributed by atoms with Crippen molar-refractivity contribution in [1.29, 1.82) is 0 Å². The molecule has 0 aliphatic heterocycles. The fourth-order valence-corrected chi connectivity index (χ4v) is 4.00. The SMILES string of the molecule is COc1ccc(C(=O)Nc2nc(-c3ccccc3)c(-c3ccc(OC)cc3)s2)cc1. The van der Waals surface area contributed by atoms with Crippen molar-refractivity contribution in [2.45, 2.75) is 0 Å². The lowest BCUT2D eigenvalue weighted by Crippen LogP contribution is -2.11. The average molecular weight is 417 g/mol. The lowest BCUT2D eigenvalue weighted by atomic mass is 10.1. The molecule has 1 aromatic heterocycles. The molecule has 0 saturated heterocycles. The lowest BCUT2D eigenvalue weighted by Gasteiger charge is -2.04. The molecule has 0 aliphatic carbocycles. The van der Waals surface area contributed by atoms with Gasteiger partial charge in [-0.25, -0.2) is 4.98 Å². The molecule has 0 saturated carbocycles. The molecule has 0 radical (unpaired) electrons. The van der Waals surface area contributed by atoms with Crippen molar-refractivity contribution in [3.8, 4) is 33.2 Å². The number of carbonyl (C=O) groups excluding carboxylic acids is 1. The molecule has 150 valence electrons. The van der Waals surface area contributed by atoms with Gasteiger partial charge in [-0.05, 0) is 54.1 Å². The molecule has 0 atom stereocenters. The normalized spacial score (nSPS) is 10.5. The number of aromatic nitrogens is 1. The third kappa shape index (κ3) is 4.18. The van der Waals surface area contributed by atoms with Gasteiger partial charge in [-0.1, -0.05) is 41.7 Å². The van der Waals surface area contributed by atoms with Gasteiger partial charge in [-0.3, -0.25) is 10.1 Å². The molecule has 4 rings (SSSR count). The van der Waals surface area contributed by atoms with Gasteiger partial charge >= 0.3 is 0 Å². The number of methoxy groups -OCH3 is 2. The summed E-state index contributed by atoms with van der Waals surface area (Å²) in [6, 6.07) is 24.7. The molecule has 0 fully saturated rings. The Bertz CT molecular complexity index is 1140. The van der Waals surface area contributed by atoms with Crippen molar-refractivity contribution in [1.82, 2.24) is 4.98 Å². The van der Waals surface area contributed by atoms with E-state index in [0.29, 0.717) is 16.4 Å². The van der Waals surface area contributed by atoms with E-state index in [4.69, 9.17) is 14.5 Å². The summed E-state index contributed by atoms with van der Waals surface area (Å²) in [5, 5.41) is 3.46. The summed E-state index contributed by atoms with van der Waals surface area (Å²) in [6.07, 6.45) is 0. The molecule has 1 amide bonds. The third-order valence-electron chi connectivity index (χ3n) is 4.60. The number of anilines is 1. The number of thiazole rings is 1. The minimum absolute atomic E-state index is 0.215. The molecule has 4 aromatic rings. The zero-order valence-electron chi connectivity index (χ0n) is 16.6. The number of rotatable bonds is 6. The highest BCUT2D eigenvalue weighted by Gasteiger charge is 2.17. The largest absolute Gasteiger partial charge is 0.497 e. The van der Waals surface area contributed by atoms with Gasteiger partial charge in [0.2, 0.25) is 0 Å². The predicted molar refractivity (Wildman–Crippen MR) is 120 cm³/mol. The molecular weight excluding hydrogens is 396 g/mol. The Hall–Kier alpha value is -3.64. The van der Waals surface area contributed by atoms with Crippen LogP contribution in [0, 0.1) is 0 Å². The number of amides is 1. The molecule has 0 unspecified atom stereocenters. The van der Waals surface area contributed by atoms with E-state index < -0.39 is 0 Å². The van der Waals surface area contributed by atoms with Crippen molar-refractivity contribution in [3.63, 3.8) is 0 Å². The van der Waals surface area contributed by atoms with Crippen LogP contribution >= 0.6 is 11.3 Å². The topological polar surface area (TPSA) is 60.5 Å². The summed E-state index contributed by atoms with van der Waals surface area (Å²) in [7, 11) is 3.24. The zero-order chi connectivity index (χ0) is 20.9. The van der Waals surface area contributed by atoms with E-state index in [1.54, 1.807) is 38.5 Å². The Labute approximate surface area is 178 Å². The number of benzene rings is 3. The van der Waals surface area contributed by atoms with Crippen molar-refractivity contribution in [2.75, 3.05) is 19.5 Å². The van der Waals surface area contributed by atoms with Crippen molar-refractivity contribution >= 4 is 22.4 Å². The van der Waals surface area contributed by atoms with Crippen molar-refractivity contribution in [2.24, 2.45) is 0 Å². The van der Waals surface area contributed by atoms with Crippen LogP contribution in [0.2, 0.25) is 0 Å². The van der Waals surface area contributed by atoms with Crippen LogP contribution in [0.25, 0.3) is 21.7 Å². The van der Waals surface area contributed by atoms with Gasteiger partial charge in [0.1, 0.15) is 11.5 Å². The highest BCUT2D eigenvalue weighted by molar-refractivity contribution is 7.19. The van der Waals surface area contributed by atoms with Gasteiger partial charge < -0.3 is 9.47 Å². The lowest BCUT2D eigenvalue weighted by molar-refractivity contribution is 0.102. The molecule has 30 heavy (non-hydrogen) atoms. The molecule has 0 bridgehead atoms. The first-order valence-corrected chi connectivity index (χ1v) is 10.2. The number of ether oxygens (including phenoxy) is 2. The van der Waals surface area contributed by atoms with Crippen LogP contribution in [-0.2, 0) is 0 Å². The summed E-state index contributed by atoms with van der Waals surface area (Å²) < 4.78 is 10.4. The van der Waals surface area contributed by atoms with Gasteiger partial charge in [-0.15, -0.1) is 0 Å². The van der Waals surface area contributed by atoms with Crippen LogP contribution in [0.3, 0.4) is 0 Å². The number of nitrogens with one attached hydrogen (secondary N) is 1. The van der Waals surface area contributed by atoms with Crippen LogP contribution < -0.4 is 14.8 Å². The van der Waals surface area contributed by atoms with E-state index >= 15 is 0 Å². The predicted octanol–water partition coefficient (Wildman–Crippen LogP) is 5.75. The van der Waals surface area contributed by atoms with Crippen LogP contribution in [0.15, 0.2) is 78.9 Å². The summed E-state index contributed by atoms with van der Waals surface area (Å²) in [4.78, 5) is 18.4. The fraction of sp³-hybridized carbons (Fsp3) is 0.0833. The van der Waals surface area contributed by atoms with Gasteiger partial charge in [0.05, 0.1) is 24.8 Å². The molecule has 0 spiro atoms. The van der Waals surface area contributed by atoms with Gasteiger partial charge in [0.25, 0.3) is 5.91 Å². The second-order valence-electron chi connectivity index (χ2n) is 6.47. The van der Waals surface area contributed by atoms with Gasteiger partial charge in [-0.2, -0.15) is 0 Å². The van der Waals surface area contributed by atoms with E-state index in [-0.39, 0.29) is 5.91 Å². The fourth-order valence-electron chi connectivity index (χ4n) is 3.02. The van der Waals surface area contributed by atoms with E-state index in [0.717, 1.165) is 27.4 Å². The number of hydrogen-bond donors (Lipinski definition) is 1. The second kappa shape index (κ2) is 8.80. The first kappa shape index (κ1) is 19.7. The maximum Gasteiger partial charge on any atom is 0.257 e. The van der Waals surface area contributed by atoms with Crippen LogP contribution in [0.5, 0.6) is 11.5 Å². The first-order valence-electron chi connectivity index (χ1n) is 9.34. The average Bonchev–Trinajstić information content (AvgIpc) is 3.23. The van der Waals surface area contributed by atoms with E-state index in [2.05, 4.69) is 5.32 Å². The number of hydrogen-bond acceptors (Lipinski definition) is 5. The monoisotopic (exact) mass is 416 g/mol. The Kier molecular flexibility index (Phi) is 5.77. The minimum atomic E-state index is -0.215. The summed E-state index contributed by atoms with van der Waals surface area (Å²) >= 11 is 1.44. The zero-order valence-corrected chi connectivity index (χ0v) is 17.4. The Morgan fingerprint density at radius 3 is 2.00 bits per heavy atom. The minimum Gasteiger partial charge on any atom is -0.497 e. The molecule has 0 aliphatic rings. The molecule has 5 nitrogen and oxygen atoms in total. The molecule has 3 aromatic carbocycles. The van der Waals surface area contributed by atoms with E-state index in [1.165, 1.54) is 11.3 Å². The second-order valence-corrected chi connectivity index (χ2v) is 7.47. The van der Waals surface area contributed by atoms with Crippen LogP contribution in [-0.4, -0.2) is 25.1 Å². The number of carbonyl (C=O) groups is 1. The quantitative estimate of drug-likeness (QED) is 0.435. The van der Waals surface area contributed by atoms with Gasteiger partial charge in [0, 0.05) is 11.1 Å². The highest BCUT2D eigenvalue weighted by atomic mass is 32.1. The van der Waals surface area contributed by atoms with Gasteiger partial charge in [0.15, 0.2) is 5.13 Å².